The molecule has 15 heavy (non-hydrogen) atoms. The third-order valence-corrected chi connectivity index (χ3v) is 2.47. The van der Waals surface area contributed by atoms with E-state index in [9.17, 15) is 9.18 Å². The molecule has 3 nitrogen and oxygen atoms in total. The lowest BCUT2D eigenvalue weighted by Crippen LogP contribution is -2.06. The van der Waals surface area contributed by atoms with Gasteiger partial charge in [0.1, 0.15) is 11.9 Å². The largest absolute Gasteiger partial charge is 0.465 e. The summed E-state index contributed by atoms with van der Waals surface area (Å²) in [4.78, 5) is 11.3. The number of carbonyl (C=O) groups excluding carboxylic acids is 1. The van der Waals surface area contributed by atoms with Crippen LogP contribution in [0.2, 0.25) is 0 Å². The molecule has 0 amide bonds. The average Bonchev–Trinajstić information content (AvgIpc) is 2.27. The summed E-state index contributed by atoms with van der Waals surface area (Å²) in [5.74, 6) is -1.22. The van der Waals surface area contributed by atoms with Crippen LogP contribution in [0.25, 0.3) is 0 Å². The van der Waals surface area contributed by atoms with Crippen molar-refractivity contribution in [3.63, 3.8) is 0 Å². The predicted molar refractivity (Wildman–Crippen MR) is 55.1 cm³/mol. The SMILES string of the molecule is COC(=O)c1cc(C#N)c(F)cc1CBr. The quantitative estimate of drug-likeness (QED) is 0.613. The first-order valence-electron chi connectivity index (χ1n) is 4.00. The second-order valence-corrected chi connectivity index (χ2v) is 3.29. The van der Waals surface area contributed by atoms with E-state index in [2.05, 4.69) is 20.7 Å². The van der Waals surface area contributed by atoms with Crippen molar-refractivity contribution in [2.24, 2.45) is 0 Å². The maximum Gasteiger partial charge on any atom is 0.338 e. The Morgan fingerprint density at radius 1 is 1.67 bits per heavy atom. The Bertz CT molecular complexity index is 440. The van der Waals surface area contributed by atoms with E-state index in [4.69, 9.17) is 5.26 Å². The molecule has 78 valence electrons. The number of halogens is 2. The number of alkyl halides is 1. The molecular formula is C10H7BrFNO2. The summed E-state index contributed by atoms with van der Waals surface area (Å²) in [5.41, 5.74) is 0.491. The van der Waals surface area contributed by atoms with Crippen molar-refractivity contribution >= 4 is 21.9 Å². The van der Waals surface area contributed by atoms with Crippen molar-refractivity contribution in [3.05, 3.63) is 34.6 Å². The summed E-state index contributed by atoms with van der Waals surface area (Å²) in [6.07, 6.45) is 0. The van der Waals surface area contributed by atoms with Gasteiger partial charge in [-0.3, -0.25) is 0 Å². The molecule has 0 heterocycles. The van der Waals surface area contributed by atoms with Crippen molar-refractivity contribution in [3.8, 4) is 6.07 Å². The Kier molecular flexibility index (Phi) is 3.81. The van der Waals surface area contributed by atoms with E-state index in [0.717, 1.165) is 6.07 Å². The van der Waals surface area contributed by atoms with Crippen molar-refractivity contribution < 1.29 is 13.9 Å². The van der Waals surface area contributed by atoms with E-state index in [-0.39, 0.29) is 11.1 Å². The van der Waals surface area contributed by atoms with E-state index in [0.29, 0.717) is 10.9 Å². The smallest absolute Gasteiger partial charge is 0.338 e. The number of nitrogens with zero attached hydrogens (tertiary/aromatic N) is 1. The van der Waals surface area contributed by atoms with Gasteiger partial charge in [0.15, 0.2) is 0 Å². The number of hydrogen-bond acceptors (Lipinski definition) is 3. The summed E-state index contributed by atoms with van der Waals surface area (Å²) in [5, 5.41) is 8.93. The van der Waals surface area contributed by atoms with Crippen LogP contribution in [0.5, 0.6) is 0 Å². The summed E-state index contributed by atoms with van der Waals surface area (Å²) in [7, 11) is 1.23. The summed E-state index contributed by atoms with van der Waals surface area (Å²) >= 11 is 3.13. The van der Waals surface area contributed by atoms with E-state index < -0.39 is 11.8 Å². The van der Waals surface area contributed by atoms with Crippen LogP contribution >= 0.6 is 15.9 Å². The first kappa shape index (κ1) is 11.7. The molecule has 0 N–H and O–H groups in total. The number of hydrogen-bond donors (Lipinski definition) is 0. The van der Waals surface area contributed by atoms with Gasteiger partial charge in [0.05, 0.1) is 18.2 Å². The molecule has 0 radical (unpaired) electrons. The standard InChI is InChI=1S/C10H7BrFNO2/c1-15-10(14)8-2-7(5-13)9(12)3-6(8)4-11/h2-3H,4H2,1H3. The normalized spacial score (nSPS) is 9.47. The first-order chi connectivity index (χ1) is 7.13. The van der Waals surface area contributed by atoms with Crippen molar-refractivity contribution in [1.82, 2.24) is 0 Å². The molecule has 0 atom stereocenters. The molecule has 0 unspecified atom stereocenters. The van der Waals surface area contributed by atoms with Gasteiger partial charge >= 0.3 is 5.97 Å². The lowest BCUT2D eigenvalue weighted by atomic mass is 10.1. The molecule has 1 aromatic carbocycles. The maximum absolute atomic E-state index is 13.2. The second-order valence-electron chi connectivity index (χ2n) is 2.73. The van der Waals surface area contributed by atoms with E-state index >= 15 is 0 Å². The van der Waals surface area contributed by atoms with Crippen molar-refractivity contribution in [1.29, 1.82) is 5.26 Å². The highest BCUT2D eigenvalue weighted by atomic mass is 79.9. The van der Waals surface area contributed by atoms with Gasteiger partial charge in [0.2, 0.25) is 0 Å². The molecule has 0 aliphatic heterocycles. The van der Waals surface area contributed by atoms with Crippen LogP contribution in [-0.4, -0.2) is 13.1 Å². The third kappa shape index (κ3) is 2.34. The molecule has 0 spiro atoms. The number of benzene rings is 1. The van der Waals surface area contributed by atoms with Crippen LogP contribution in [0.4, 0.5) is 4.39 Å². The van der Waals surface area contributed by atoms with E-state index in [1.807, 2.05) is 0 Å². The predicted octanol–water partition coefficient (Wildman–Crippen LogP) is 2.38. The van der Waals surface area contributed by atoms with Gasteiger partial charge in [0, 0.05) is 5.33 Å². The van der Waals surface area contributed by atoms with Crippen molar-refractivity contribution in [2.45, 2.75) is 5.33 Å². The van der Waals surface area contributed by atoms with Gasteiger partial charge in [-0.2, -0.15) is 5.26 Å². The van der Waals surface area contributed by atoms with Crippen LogP contribution in [-0.2, 0) is 10.1 Å². The Hall–Kier alpha value is -1.41. The molecule has 0 bridgehead atoms. The van der Waals surface area contributed by atoms with Crippen LogP contribution in [0.3, 0.4) is 0 Å². The van der Waals surface area contributed by atoms with Crippen LogP contribution in [0, 0.1) is 17.1 Å². The highest BCUT2D eigenvalue weighted by Crippen LogP contribution is 2.19. The Morgan fingerprint density at radius 2 is 2.33 bits per heavy atom. The fourth-order valence-corrected chi connectivity index (χ4v) is 1.57. The molecule has 0 saturated carbocycles. The molecule has 0 aliphatic carbocycles. The lowest BCUT2D eigenvalue weighted by Gasteiger charge is -2.06. The molecule has 5 heteroatoms. The Balaban J connectivity index is 3.36. The van der Waals surface area contributed by atoms with Crippen LogP contribution < -0.4 is 0 Å². The zero-order valence-electron chi connectivity index (χ0n) is 7.88. The molecular weight excluding hydrogens is 265 g/mol. The minimum absolute atomic E-state index is 0.167. The Labute approximate surface area is 94.6 Å². The molecule has 0 aliphatic rings. The lowest BCUT2D eigenvalue weighted by molar-refractivity contribution is 0.0599. The van der Waals surface area contributed by atoms with Gasteiger partial charge in [-0.25, -0.2) is 9.18 Å². The van der Waals surface area contributed by atoms with Gasteiger partial charge in [-0.15, -0.1) is 0 Å². The minimum atomic E-state index is -0.639. The summed E-state index contributed by atoms with van der Waals surface area (Å²) in [6, 6.07) is 4.01. The van der Waals surface area contributed by atoms with E-state index in [1.165, 1.54) is 13.2 Å². The van der Waals surface area contributed by atoms with Gasteiger partial charge in [0.25, 0.3) is 0 Å². The van der Waals surface area contributed by atoms with Gasteiger partial charge in [-0.1, -0.05) is 15.9 Å². The highest BCUT2D eigenvalue weighted by molar-refractivity contribution is 9.08. The van der Waals surface area contributed by atoms with Gasteiger partial charge in [-0.05, 0) is 17.7 Å². The fourth-order valence-electron chi connectivity index (χ4n) is 1.11. The summed E-state index contributed by atoms with van der Waals surface area (Å²) in [6.45, 7) is 0. The number of methoxy groups -OCH3 is 1. The zero-order valence-corrected chi connectivity index (χ0v) is 9.47. The number of rotatable bonds is 2. The molecule has 1 rings (SSSR count). The monoisotopic (exact) mass is 271 g/mol. The number of nitriles is 1. The van der Waals surface area contributed by atoms with Gasteiger partial charge < -0.3 is 4.74 Å². The number of esters is 1. The fraction of sp³-hybridized carbons (Fsp3) is 0.200. The molecule has 1 aromatic rings. The van der Waals surface area contributed by atoms with Crippen LogP contribution in [0.1, 0.15) is 21.5 Å². The minimum Gasteiger partial charge on any atom is -0.465 e. The van der Waals surface area contributed by atoms with Crippen LogP contribution in [0.15, 0.2) is 12.1 Å². The maximum atomic E-state index is 13.2. The first-order valence-corrected chi connectivity index (χ1v) is 5.13. The summed E-state index contributed by atoms with van der Waals surface area (Å²) < 4.78 is 17.7. The second kappa shape index (κ2) is 4.89. The molecule has 0 saturated heterocycles. The number of carbonyl (C=O) groups is 1. The molecule has 0 aromatic heterocycles. The number of ether oxygens (including phenoxy) is 1. The van der Waals surface area contributed by atoms with E-state index in [1.54, 1.807) is 6.07 Å². The molecule has 0 fully saturated rings. The third-order valence-electron chi connectivity index (χ3n) is 1.86. The average molecular weight is 272 g/mol. The van der Waals surface area contributed by atoms with Crippen molar-refractivity contribution in [2.75, 3.05) is 7.11 Å². The highest BCUT2D eigenvalue weighted by Gasteiger charge is 2.15. The zero-order chi connectivity index (χ0) is 11.4. The topological polar surface area (TPSA) is 50.1 Å². The Morgan fingerprint density at radius 3 is 2.80 bits per heavy atom.